The molecule has 12 heavy (non-hydrogen) atoms. The molecule has 0 N–H and O–H groups in total. The fourth-order valence-electron chi connectivity index (χ4n) is 0.832. The predicted octanol–water partition coefficient (Wildman–Crippen LogP) is -0.681. The largest absolute Gasteiger partial charge is 0.457 e. The first-order valence-corrected chi connectivity index (χ1v) is 3.62. The van der Waals surface area contributed by atoms with E-state index < -0.39 is 0 Å². The lowest BCUT2D eigenvalue weighted by molar-refractivity contribution is 0.277. The first kappa shape index (κ1) is 8.63. The van der Waals surface area contributed by atoms with Crippen LogP contribution in [0.25, 0.3) is 0 Å². The molecule has 0 aliphatic carbocycles. The van der Waals surface area contributed by atoms with Crippen molar-refractivity contribution in [2.45, 2.75) is 19.9 Å². The van der Waals surface area contributed by atoms with Crippen LogP contribution in [0.4, 0.5) is 0 Å². The molecule has 1 aromatic rings. The molecule has 0 unspecified atom stereocenters. The molecular weight excluding hydrogens is 160 g/mol. The number of hydrogen-bond donors (Lipinski definition) is 0. The summed E-state index contributed by atoms with van der Waals surface area (Å²) in [5, 5.41) is 10.9. The second-order valence-electron chi connectivity index (χ2n) is 2.09. The highest BCUT2D eigenvalue weighted by Gasteiger charge is 2.02. The molecule has 0 saturated heterocycles. The Labute approximate surface area is 69.5 Å². The zero-order valence-electron chi connectivity index (χ0n) is 6.73. The number of tetrazole rings is 1. The van der Waals surface area contributed by atoms with Gasteiger partial charge in [0.2, 0.25) is 0 Å². The topological polar surface area (TPSA) is 69.9 Å². The van der Waals surface area contributed by atoms with Gasteiger partial charge in [-0.05, 0) is 17.4 Å². The number of carbonyl (C=O) groups excluding carboxylic acids is 1. The van der Waals surface area contributed by atoms with Crippen molar-refractivity contribution in [3.05, 3.63) is 5.82 Å². The highest BCUT2D eigenvalue weighted by Crippen LogP contribution is 1.92. The highest BCUT2D eigenvalue weighted by molar-refractivity contribution is 5.38. The molecule has 1 rings (SSSR count). The van der Waals surface area contributed by atoms with Crippen molar-refractivity contribution in [2.75, 3.05) is 6.61 Å². The fourth-order valence-corrected chi connectivity index (χ4v) is 0.832. The lowest BCUT2D eigenvalue weighted by Gasteiger charge is -1.98. The Morgan fingerprint density at radius 2 is 2.50 bits per heavy atom. The van der Waals surface area contributed by atoms with Crippen molar-refractivity contribution in [1.29, 1.82) is 0 Å². The van der Waals surface area contributed by atoms with Gasteiger partial charge < -0.3 is 4.74 Å². The van der Waals surface area contributed by atoms with Gasteiger partial charge in [0.05, 0.1) is 6.61 Å². The number of ether oxygens (including phenoxy) is 1. The number of rotatable bonds is 5. The van der Waals surface area contributed by atoms with E-state index in [-0.39, 0.29) is 6.61 Å². The standard InChI is InChI=1S/C6H9N4O2/c1-2-10-6(7-8-9-10)3-4-12-5-11/h2-4H2,1H3. The van der Waals surface area contributed by atoms with Crippen LogP contribution in [0.15, 0.2) is 0 Å². The number of aryl methyl sites for hydroxylation is 1. The minimum Gasteiger partial charge on any atom is -0.457 e. The van der Waals surface area contributed by atoms with Gasteiger partial charge in [0.1, 0.15) is 0 Å². The molecule has 0 amide bonds. The normalized spacial score (nSPS) is 9.75. The minimum atomic E-state index is 0.268. The molecule has 0 spiro atoms. The molecule has 1 heterocycles. The summed E-state index contributed by atoms with van der Waals surface area (Å²) in [6.07, 6.45) is 0.524. The van der Waals surface area contributed by atoms with E-state index in [4.69, 9.17) is 0 Å². The van der Waals surface area contributed by atoms with Crippen LogP contribution < -0.4 is 0 Å². The zero-order valence-corrected chi connectivity index (χ0v) is 6.73. The lowest BCUT2D eigenvalue weighted by atomic mass is 10.4. The summed E-state index contributed by atoms with van der Waals surface area (Å²) in [6.45, 7) is 4.26. The van der Waals surface area contributed by atoms with Crippen LogP contribution in [-0.4, -0.2) is 33.3 Å². The number of hydrogen-bond acceptors (Lipinski definition) is 5. The second kappa shape index (κ2) is 4.42. The van der Waals surface area contributed by atoms with E-state index in [1.165, 1.54) is 6.47 Å². The van der Waals surface area contributed by atoms with Crippen molar-refractivity contribution in [1.82, 2.24) is 20.2 Å². The van der Waals surface area contributed by atoms with Crippen LogP contribution in [0.5, 0.6) is 0 Å². The summed E-state index contributed by atoms with van der Waals surface area (Å²) >= 11 is 0. The van der Waals surface area contributed by atoms with Gasteiger partial charge in [0, 0.05) is 13.0 Å². The van der Waals surface area contributed by atoms with Crippen molar-refractivity contribution < 1.29 is 9.53 Å². The Hall–Kier alpha value is -1.46. The molecule has 0 aliphatic heterocycles. The Bertz CT molecular complexity index is 247. The van der Waals surface area contributed by atoms with Crippen molar-refractivity contribution >= 4 is 6.47 Å². The molecule has 1 radical (unpaired) electrons. The van der Waals surface area contributed by atoms with E-state index >= 15 is 0 Å². The maximum Gasteiger partial charge on any atom is 0.417 e. The van der Waals surface area contributed by atoms with Crippen LogP contribution in [-0.2, 0) is 22.5 Å². The molecule has 0 bridgehead atoms. The van der Waals surface area contributed by atoms with E-state index in [2.05, 4.69) is 20.3 Å². The van der Waals surface area contributed by atoms with Gasteiger partial charge in [-0.25, -0.2) is 9.48 Å². The third kappa shape index (κ3) is 2.01. The SMILES string of the molecule is CCn1nnnc1CCO[C]=O. The maximum absolute atomic E-state index is 9.68. The Morgan fingerprint density at radius 1 is 1.67 bits per heavy atom. The third-order valence-electron chi connectivity index (χ3n) is 1.39. The Balaban J connectivity index is 2.44. The van der Waals surface area contributed by atoms with E-state index in [1.807, 2.05) is 6.92 Å². The van der Waals surface area contributed by atoms with Gasteiger partial charge in [0.25, 0.3) is 0 Å². The number of nitrogens with zero attached hydrogens (tertiary/aromatic N) is 4. The van der Waals surface area contributed by atoms with Gasteiger partial charge in [-0.3, -0.25) is 0 Å². The first-order valence-electron chi connectivity index (χ1n) is 3.62. The smallest absolute Gasteiger partial charge is 0.417 e. The van der Waals surface area contributed by atoms with Crippen LogP contribution in [0, 0.1) is 0 Å². The molecule has 6 heteroatoms. The molecule has 0 aliphatic rings. The predicted molar refractivity (Wildman–Crippen MR) is 38.8 cm³/mol. The first-order chi connectivity index (χ1) is 5.88. The second-order valence-corrected chi connectivity index (χ2v) is 2.09. The van der Waals surface area contributed by atoms with Crippen molar-refractivity contribution in [3.8, 4) is 0 Å². The van der Waals surface area contributed by atoms with Gasteiger partial charge in [-0.1, -0.05) is 0 Å². The molecule has 0 atom stereocenters. The molecule has 6 nitrogen and oxygen atoms in total. The molecule has 0 fully saturated rings. The molecule has 1 aromatic heterocycles. The average Bonchev–Trinajstić information content (AvgIpc) is 2.52. The zero-order chi connectivity index (χ0) is 8.81. The van der Waals surface area contributed by atoms with E-state index in [1.54, 1.807) is 4.68 Å². The van der Waals surface area contributed by atoms with Crippen LogP contribution >= 0.6 is 0 Å². The maximum atomic E-state index is 9.68. The summed E-state index contributed by atoms with van der Waals surface area (Å²) in [4.78, 5) is 9.68. The monoisotopic (exact) mass is 169 g/mol. The quantitative estimate of drug-likeness (QED) is 0.546. The molecular formula is C6H9N4O2. The van der Waals surface area contributed by atoms with Gasteiger partial charge >= 0.3 is 6.47 Å². The van der Waals surface area contributed by atoms with E-state index in [9.17, 15) is 4.79 Å². The summed E-state index contributed by atoms with van der Waals surface area (Å²) in [6, 6.07) is 0. The summed E-state index contributed by atoms with van der Waals surface area (Å²) in [7, 11) is 0. The van der Waals surface area contributed by atoms with Crippen LogP contribution in [0.3, 0.4) is 0 Å². The number of aromatic nitrogens is 4. The van der Waals surface area contributed by atoms with Gasteiger partial charge in [-0.2, -0.15) is 0 Å². The minimum absolute atomic E-state index is 0.268. The lowest BCUT2D eigenvalue weighted by Crippen LogP contribution is -2.07. The van der Waals surface area contributed by atoms with Crippen LogP contribution in [0.1, 0.15) is 12.7 Å². The van der Waals surface area contributed by atoms with Crippen molar-refractivity contribution in [3.63, 3.8) is 0 Å². The highest BCUT2D eigenvalue weighted by atomic mass is 16.5. The van der Waals surface area contributed by atoms with Crippen molar-refractivity contribution in [2.24, 2.45) is 0 Å². The summed E-state index contributed by atoms with van der Waals surface area (Å²) in [5.74, 6) is 0.716. The van der Waals surface area contributed by atoms with E-state index in [0.29, 0.717) is 18.8 Å². The average molecular weight is 169 g/mol. The Morgan fingerprint density at radius 3 is 3.17 bits per heavy atom. The van der Waals surface area contributed by atoms with E-state index in [0.717, 1.165) is 0 Å². The summed E-state index contributed by atoms with van der Waals surface area (Å²) < 4.78 is 6.04. The fraction of sp³-hybridized carbons (Fsp3) is 0.667. The third-order valence-corrected chi connectivity index (χ3v) is 1.39. The summed E-state index contributed by atoms with van der Waals surface area (Å²) in [5.41, 5.74) is 0. The molecule has 0 saturated carbocycles. The Kier molecular flexibility index (Phi) is 3.18. The van der Waals surface area contributed by atoms with Gasteiger partial charge in [0.15, 0.2) is 5.82 Å². The molecule has 0 aromatic carbocycles. The molecule has 65 valence electrons. The van der Waals surface area contributed by atoms with Gasteiger partial charge in [-0.15, -0.1) is 5.10 Å². The van der Waals surface area contributed by atoms with Crippen LogP contribution in [0.2, 0.25) is 0 Å².